The summed E-state index contributed by atoms with van der Waals surface area (Å²) in [6, 6.07) is 13.5. The molecule has 0 N–H and O–H groups in total. The highest BCUT2D eigenvalue weighted by atomic mass is 32.1. The van der Waals surface area contributed by atoms with Crippen molar-refractivity contribution in [1.29, 1.82) is 0 Å². The summed E-state index contributed by atoms with van der Waals surface area (Å²) >= 11 is 1.52. The van der Waals surface area contributed by atoms with Gasteiger partial charge in [0.15, 0.2) is 0 Å². The molecule has 0 spiro atoms. The number of hydrogen-bond acceptors (Lipinski definition) is 4. The Labute approximate surface area is 141 Å². The van der Waals surface area contributed by atoms with E-state index in [1.54, 1.807) is 13.1 Å². The van der Waals surface area contributed by atoms with E-state index in [0.717, 1.165) is 15.2 Å². The molecule has 3 aromatic rings. The Morgan fingerprint density at radius 1 is 1.25 bits per heavy atom. The Balaban J connectivity index is 1.74. The Bertz CT molecular complexity index is 833. The zero-order valence-electron chi connectivity index (χ0n) is 12.8. The minimum Gasteiger partial charge on any atom is -0.435 e. The molecule has 0 aliphatic rings. The van der Waals surface area contributed by atoms with Gasteiger partial charge in [-0.3, -0.25) is 4.79 Å². The quantitative estimate of drug-likeness (QED) is 0.695. The zero-order valence-corrected chi connectivity index (χ0v) is 13.6. The number of carbonyl (C=O) groups excluding carboxylic acids is 1. The molecule has 0 fully saturated rings. The lowest BCUT2D eigenvalue weighted by molar-refractivity contribution is -0.0499. The van der Waals surface area contributed by atoms with Crippen molar-refractivity contribution in [3.8, 4) is 5.75 Å². The van der Waals surface area contributed by atoms with Crippen LogP contribution in [0.1, 0.15) is 15.4 Å². The number of thiazole rings is 1. The van der Waals surface area contributed by atoms with Gasteiger partial charge in [0, 0.05) is 12.6 Å². The fourth-order valence-corrected chi connectivity index (χ4v) is 3.31. The van der Waals surface area contributed by atoms with Gasteiger partial charge in [0.1, 0.15) is 10.8 Å². The van der Waals surface area contributed by atoms with Crippen LogP contribution in [0.4, 0.5) is 8.78 Å². The summed E-state index contributed by atoms with van der Waals surface area (Å²) in [5, 5.41) is 0.812. The van der Waals surface area contributed by atoms with Gasteiger partial charge >= 0.3 is 6.61 Å². The zero-order chi connectivity index (χ0) is 17.1. The molecule has 0 saturated carbocycles. The van der Waals surface area contributed by atoms with Gasteiger partial charge in [-0.2, -0.15) is 8.78 Å². The highest BCUT2D eigenvalue weighted by Gasteiger charge is 2.15. The fourth-order valence-electron chi connectivity index (χ4n) is 2.29. The van der Waals surface area contributed by atoms with Crippen molar-refractivity contribution in [3.63, 3.8) is 0 Å². The molecule has 0 aliphatic heterocycles. The van der Waals surface area contributed by atoms with Crippen LogP contribution in [-0.2, 0) is 6.54 Å². The van der Waals surface area contributed by atoms with Gasteiger partial charge in [-0.25, -0.2) is 4.98 Å². The number of fused-ring (bicyclic) bond motifs is 1. The minimum absolute atomic E-state index is 0.0377. The number of para-hydroxylation sites is 1. The second-order valence-corrected chi connectivity index (χ2v) is 6.26. The van der Waals surface area contributed by atoms with Crippen LogP contribution in [0.5, 0.6) is 5.75 Å². The summed E-state index contributed by atoms with van der Waals surface area (Å²) < 4.78 is 29.9. The smallest absolute Gasteiger partial charge is 0.387 e. The third-order valence-electron chi connectivity index (χ3n) is 3.36. The molecular formula is C17H14F2N2O2S. The molecule has 3 rings (SSSR count). The molecule has 1 aromatic heterocycles. The molecule has 0 bridgehead atoms. The second-order valence-electron chi connectivity index (χ2n) is 5.14. The molecule has 0 aliphatic carbocycles. The van der Waals surface area contributed by atoms with Crippen LogP contribution in [0, 0.1) is 0 Å². The SMILES string of the molecule is CN(Cc1nc2ccccc2s1)C(=O)c1cccc(OC(F)F)c1. The maximum atomic E-state index is 12.5. The van der Waals surface area contributed by atoms with Crippen LogP contribution < -0.4 is 4.74 Å². The van der Waals surface area contributed by atoms with Crippen molar-refractivity contribution in [2.75, 3.05) is 7.05 Å². The number of rotatable bonds is 5. The summed E-state index contributed by atoms with van der Waals surface area (Å²) in [5.74, 6) is -0.321. The molecule has 0 radical (unpaired) electrons. The van der Waals surface area contributed by atoms with E-state index in [-0.39, 0.29) is 17.2 Å². The number of nitrogens with zero attached hydrogens (tertiary/aromatic N) is 2. The Hall–Kier alpha value is -2.54. The number of alkyl halides is 2. The lowest BCUT2D eigenvalue weighted by Crippen LogP contribution is -2.26. The first-order valence-electron chi connectivity index (χ1n) is 7.18. The van der Waals surface area contributed by atoms with Crippen molar-refractivity contribution in [1.82, 2.24) is 9.88 Å². The molecule has 0 unspecified atom stereocenters. The lowest BCUT2D eigenvalue weighted by atomic mass is 10.2. The Morgan fingerprint density at radius 3 is 2.79 bits per heavy atom. The van der Waals surface area contributed by atoms with E-state index in [9.17, 15) is 13.6 Å². The van der Waals surface area contributed by atoms with E-state index in [2.05, 4.69) is 9.72 Å². The summed E-state index contributed by atoms with van der Waals surface area (Å²) in [4.78, 5) is 18.4. The normalized spacial score (nSPS) is 11.0. The molecule has 0 saturated heterocycles. The average Bonchev–Trinajstić information content (AvgIpc) is 2.95. The van der Waals surface area contributed by atoms with Gasteiger partial charge in [-0.05, 0) is 30.3 Å². The number of halogens is 2. The van der Waals surface area contributed by atoms with Crippen LogP contribution in [0.15, 0.2) is 48.5 Å². The van der Waals surface area contributed by atoms with Gasteiger partial charge < -0.3 is 9.64 Å². The number of benzene rings is 2. The van der Waals surface area contributed by atoms with Crippen molar-refractivity contribution in [2.24, 2.45) is 0 Å². The monoisotopic (exact) mass is 348 g/mol. The van der Waals surface area contributed by atoms with E-state index in [1.807, 2.05) is 24.3 Å². The highest BCUT2D eigenvalue weighted by Crippen LogP contribution is 2.23. The van der Waals surface area contributed by atoms with Gasteiger partial charge in [0.05, 0.1) is 16.8 Å². The van der Waals surface area contributed by atoms with E-state index >= 15 is 0 Å². The average molecular weight is 348 g/mol. The first-order chi connectivity index (χ1) is 11.5. The van der Waals surface area contributed by atoms with Crippen molar-refractivity contribution >= 4 is 27.5 Å². The summed E-state index contributed by atoms with van der Waals surface area (Å²) in [6.07, 6.45) is 0. The predicted molar refractivity (Wildman–Crippen MR) is 88.5 cm³/mol. The van der Waals surface area contributed by atoms with Crippen LogP contribution in [-0.4, -0.2) is 29.5 Å². The van der Waals surface area contributed by atoms with Crippen molar-refractivity contribution in [3.05, 3.63) is 59.1 Å². The molecule has 2 aromatic carbocycles. The van der Waals surface area contributed by atoms with Gasteiger partial charge in [0.25, 0.3) is 5.91 Å². The molecule has 24 heavy (non-hydrogen) atoms. The van der Waals surface area contributed by atoms with Gasteiger partial charge in [-0.1, -0.05) is 18.2 Å². The molecule has 4 nitrogen and oxygen atoms in total. The van der Waals surface area contributed by atoms with Gasteiger partial charge in [0.2, 0.25) is 0 Å². The number of hydrogen-bond donors (Lipinski definition) is 0. The fraction of sp³-hybridized carbons (Fsp3) is 0.176. The summed E-state index contributed by atoms with van der Waals surface area (Å²) in [7, 11) is 1.65. The molecule has 1 amide bonds. The third-order valence-corrected chi connectivity index (χ3v) is 4.38. The molecule has 7 heteroatoms. The lowest BCUT2D eigenvalue weighted by Gasteiger charge is -2.16. The number of ether oxygens (including phenoxy) is 1. The number of carbonyl (C=O) groups is 1. The Kier molecular flexibility index (Phi) is 4.71. The summed E-state index contributed by atoms with van der Waals surface area (Å²) in [6.45, 7) is -2.58. The highest BCUT2D eigenvalue weighted by molar-refractivity contribution is 7.18. The van der Waals surface area contributed by atoms with E-state index in [4.69, 9.17) is 0 Å². The molecule has 124 valence electrons. The van der Waals surface area contributed by atoms with Crippen LogP contribution in [0.2, 0.25) is 0 Å². The third kappa shape index (κ3) is 3.68. The van der Waals surface area contributed by atoms with Crippen molar-refractivity contribution in [2.45, 2.75) is 13.2 Å². The predicted octanol–water partition coefficient (Wildman–Crippen LogP) is 4.17. The molecule has 0 atom stereocenters. The van der Waals surface area contributed by atoms with Crippen LogP contribution in [0.3, 0.4) is 0 Å². The van der Waals surface area contributed by atoms with Gasteiger partial charge in [-0.15, -0.1) is 11.3 Å². The number of aromatic nitrogens is 1. The summed E-state index contributed by atoms with van der Waals surface area (Å²) in [5.41, 5.74) is 1.18. The molecular weight excluding hydrogens is 334 g/mol. The number of amides is 1. The minimum atomic E-state index is -2.92. The second kappa shape index (κ2) is 6.92. The first-order valence-corrected chi connectivity index (χ1v) is 7.99. The van der Waals surface area contributed by atoms with E-state index in [0.29, 0.717) is 6.54 Å². The maximum Gasteiger partial charge on any atom is 0.387 e. The largest absolute Gasteiger partial charge is 0.435 e. The van der Waals surface area contributed by atoms with E-state index < -0.39 is 6.61 Å². The topological polar surface area (TPSA) is 42.4 Å². The first kappa shape index (κ1) is 16.3. The molecule has 1 heterocycles. The Morgan fingerprint density at radius 2 is 2.04 bits per heavy atom. The standard InChI is InChI=1S/C17H14F2N2O2S/c1-21(10-15-20-13-7-2-3-8-14(13)24-15)16(22)11-5-4-6-12(9-11)23-17(18)19/h2-9,17H,10H2,1H3. The van der Waals surface area contributed by atoms with Crippen LogP contribution in [0.25, 0.3) is 10.2 Å². The van der Waals surface area contributed by atoms with Crippen molar-refractivity contribution < 1.29 is 18.3 Å². The maximum absolute atomic E-state index is 12.5. The van der Waals surface area contributed by atoms with E-state index in [1.165, 1.54) is 34.4 Å². The van der Waals surface area contributed by atoms with Crippen LogP contribution >= 0.6 is 11.3 Å².